The monoisotopic (exact) mass is 424 g/mol. The smallest absolute Gasteiger partial charge is 0.341 e. The lowest BCUT2D eigenvalue weighted by atomic mass is 9.86. The van der Waals surface area contributed by atoms with Crippen molar-refractivity contribution >= 4 is 21.6 Å². The lowest BCUT2D eigenvalue weighted by molar-refractivity contribution is 0.0318. The number of rotatable bonds is 6. The fourth-order valence-corrected chi connectivity index (χ4v) is 3.26. The second-order valence-corrected chi connectivity index (χ2v) is 9.49. The van der Waals surface area contributed by atoms with Crippen molar-refractivity contribution in [2.45, 2.75) is 49.9 Å². The molecule has 0 saturated carbocycles. The molecule has 2 aromatic carbocycles. The van der Waals surface area contributed by atoms with Crippen molar-refractivity contribution in [1.82, 2.24) is 0 Å². The highest BCUT2D eigenvalue weighted by molar-refractivity contribution is 7.91. The van der Waals surface area contributed by atoms with Crippen molar-refractivity contribution in [3.63, 3.8) is 0 Å². The van der Waals surface area contributed by atoms with Crippen LogP contribution < -0.4 is 0 Å². The number of alkyl halides is 2. The Kier molecular flexibility index (Phi) is 6.57. The van der Waals surface area contributed by atoms with Gasteiger partial charge in [-0.1, -0.05) is 45.0 Å². The van der Waals surface area contributed by atoms with E-state index in [2.05, 4.69) is 0 Å². The van der Waals surface area contributed by atoms with Crippen LogP contribution in [0.2, 0.25) is 0 Å². The van der Waals surface area contributed by atoms with Gasteiger partial charge >= 0.3 is 11.7 Å². The molecule has 0 aliphatic heterocycles. The number of carbonyl (C=O) groups excluding carboxylic acids is 2. The Hall–Kier alpha value is -2.61. The first-order chi connectivity index (χ1) is 13.3. The van der Waals surface area contributed by atoms with E-state index in [9.17, 15) is 26.8 Å². The molecule has 1 atom stereocenters. The van der Waals surface area contributed by atoms with E-state index in [0.717, 1.165) is 29.8 Å². The van der Waals surface area contributed by atoms with E-state index < -0.39 is 38.3 Å². The number of benzene rings is 2. The molecule has 0 heterocycles. The van der Waals surface area contributed by atoms with E-state index in [1.54, 1.807) is 12.1 Å². The van der Waals surface area contributed by atoms with Gasteiger partial charge in [-0.25, -0.2) is 13.2 Å². The van der Waals surface area contributed by atoms with Crippen LogP contribution in [0.1, 0.15) is 54.0 Å². The summed E-state index contributed by atoms with van der Waals surface area (Å²) in [6.07, 6.45) is -1.08. The summed E-state index contributed by atoms with van der Waals surface area (Å²) in [7, 11) is -4.75. The lowest BCUT2D eigenvalue weighted by Gasteiger charge is -2.19. The Labute approximate surface area is 168 Å². The summed E-state index contributed by atoms with van der Waals surface area (Å²) in [5.74, 6) is -4.81. The van der Waals surface area contributed by atoms with Gasteiger partial charge in [0.1, 0.15) is 0 Å². The van der Waals surface area contributed by atoms with Gasteiger partial charge in [0, 0.05) is 5.56 Å². The van der Waals surface area contributed by atoms with Gasteiger partial charge in [0.05, 0.1) is 10.5 Å². The molecule has 0 unspecified atom stereocenters. The zero-order valence-corrected chi connectivity index (χ0v) is 17.3. The van der Waals surface area contributed by atoms with Gasteiger partial charge < -0.3 is 4.74 Å². The standard InChI is InChI=1S/C21H22F2O5S/c1-13(18(24)14-5-9-16(10-6-14)21(2,3)4)28-19(25)15-7-11-17(12-8-15)29(26,27)20(22)23/h5-13,20H,1-4H3/t13-/m1/s1. The maximum atomic E-state index is 12.6. The summed E-state index contributed by atoms with van der Waals surface area (Å²) in [6.45, 7) is 7.57. The molecule has 8 heteroatoms. The van der Waals surface area contributed by atoms with Gasteiger partial charge in [-0.15, -0.1) is 0 Å². The molecule has 156 valence electrons. The molecule has 0 aliphatic carbocycles. The minimum absolute atomic E-state index is 0.0547. The molecule has 0 fully saturated rings. The van der Waals surface area contributed by atoms with E-state index >= 15 is 0 Å². The van der Waals surface area contributed by atoms with Crippen LogP contribution in [0.25, 0.3) is 0 Å². The fraction of sp³-hybridized carbons (Fsp3) is 0.333. The Bertz CT molecular complexity index is 989. The number of hydrogen-bond acceptors (Lipinski definition) is 5. The van der Waals surface area contributed by atoms with Crippen molar-refractivity contribution in [3.05, 3.63) is 65.2 Å². The van der Waals surface area contributed by atoms with Gasteiger partial charge in [0.2, 0.25) is 15.6 Å². The number of ether oxygens (including phenoxy) is 1. The minimum Gasteiger partial charge on any atom is -0.451 e. The van der Waals surface area contributed by atoms with Crippen LogP contribution in [0.4, 0.5) is 8.78 Å². The van der Waals surface area contributed by atoms with Gasteiger partial charge in [0.25, 0.3) is 0 Å². The first kappa shape index (κ1) is 22.7. The Morgan fingerprint density at radius 1 is 0.897 bits per heavy atom. The zero-order chi connectivity index (χ0) is 22.0. The lowest BCUT2D eigenvalue weighted by Crippen LogP contribution is -2.24. The van der Waals surface area contributed by atoms with Crippen LogP contribution in [-0.2, 0) is 20.0 Å². The Morgan fingerprint density at radius 3 is 1.83 bits per heavy atom. The van der Waals surface area contributed by atoms with Crippen molar-refractivity contribution < 1.29 is 31.5 Å². The Morgan fingerprint density at radius 2 is 1.38 bits per heavy atom. The minimum atomic E-state index is -4.75. The molecule has 5 nitrogen and oxygen atoms in total. The van der Waals surface area contributed by atoms with Crippen molar-refractivity contribution in [3.8, 4) is 0 Å². The van der Waals surface area contributed by atoms with Crippen LogP contribution >= 0.6 is 0 Å². The van der Waals surface area contributed by atoms with Crippen LogP contribution in [0.5, 0.6) is 0 Å². The predicted octanol–water partition coefficient (Wildman–Crippen LogP) is 4.41. The van der Waals surface area contributed by atoms with E-state index in [1.165, 1.54) is 6.92 Å². The molecule has 0 N–H and O–H groups in total. The first-order valence-electron chi connectivity index (χ1n) is 8.82. The molecule has 0 saturated heterocycles. The summed E-state index contributed by atoms with van der Waals surface area (Å²) in [4.78, 5) is 24.1. The van der Waals surface area contributed by atoms with Crippen molar-refractivity contribution in [2.24, 2.45) is 0 Å². The van der Waals surface area contributed by atoms with Crippen molar-refractivity contribution in [2.75, 3.05) is 0 Å². The number of sulfone groups is 1. The van der Waals surface area contributed by atoms with E-state index in [-0.39, 0.29) is 11.0 Å². The Balaban J connectivity index is 2.09. The van der Waals surface area contributed by atoms with Gasteiger partial charge in [0.15, 0.2) is 6.10 Å². The van der Waals surface area contributed by atoms with Gasteiger partial charge in [-0.05, 0) is 42.2 Å². The third-order valence-electron chi connectivity index (χ3n) is 4.34. The average molecular weight is 424 g/mol. The average Bonchev–Trinajstić information content (AvgIpc) is 2.66. The molecule has 2 aromatic rings. The zero-order valence-electron chi connectivity index (χ0n) is 16.5. The number of esters is 1. The summed E-state index contributed by atoms with van der Waals surface area (Å²) < 4.78 is 53.1. The molecule has 29 heavy (non-hydrogen) atoms. The van der Waals surface area contributed by atoms with Crippen molar-refractivity contribution in [1.29, 1.82) is 0 Å². The van der Waals surface area contributed by atoms with E-state index in [1.807, 2.05) is 32.9 Å². The van der Waals surface area contributed by atoms with E-state index in [4.69, 9.17) is 4.74 Å². The number of halogens is 2. The summed E-state index contributed by atoms with van der Waals surface area (Å²) in [6, 6.07) is 10.9. The molecule has 0 aliphatic rings. The molecule has 2 rings (SSSR count). The highest BCUT2D eigenvalue weighted by atomic mass is 32.2. The third kappa shape index (κ3) is 5.26. The fourth-order valence-electron chi connectivity index (χ4n) is 2.53. The maximum absolute atomic E-state index is 12.6. The molecule has 0 radical (unpaired) electrons. The SMILES string of the molecule is C[C@@H](OC(=O)c1ccc(S(=O)(=O)C(F)F)cc1)C(=O)c1ccc(C(C)(C)C)cc1. The molecule has 0 amide bonds. The second-order valence-electron chi connectivity index (χ2n) is 7.57. The predicted molar refractivity (Wildman–Crippen MR) is 104 cm³/mol. The molecule has 0 aromatic heterocycles. The number of hydrogen-bond donors (Lipinski definition) is 0. The van der Waals surface area contributed by atoms with Crippen LogP contribution in [0, 0.1) is 0 Å². The van der Waals surface area contributed by atoms with Crippen LogP contribution in [0.3, 0.4) is 0 Å². The number of carbonyl (C=O) groups is 2. The second kappa shape index (κ2) is 8.41. The van der Waals surface area contributed by atoms with Gasteiger partial charge in [-0.3, -0.25) is 4.79 Å². The third-order valence-corrected chi connectivity index (χ3v) is 5.74. The number of Topliss-reactive ketones (excluding diaryl/α,β-unsaturated/α-hetero) is 1. The highest BCUT2D eigenvalue weighted by Gasteiger charge is 2.27. The largest absolute Gasteiger partial charge is 0.451 e. The van der Waals surface area contributed by atoms with Crippen LogP contribution in [0.15, 0.2) is 53.4 Å². The van der Waals surface area contributed by atoms with Crippen LogP contribution in [-0.4, -0.2) is 32.0 Å². The molecule has 0 spiro atoms. The first-order valence-corrected chi connectivity index (χ1v) is 10.4. The maximum Gasteiger partial charge on any atom is 0.341 e. The topological polar surface area (TPSA) is 77.5 Å². The van der Waals surface area contributed by atoms with Gasteiger partial charge in [-0.2, -0.15) is 8.78 Å². The molecular weight excluding hydrogens is 402 g/mol. The molecular formula is C21H22F2O5S. The highest BCUT2D eigenvalue weighted by Crippen LogP contribution is 2.23. The normalized spacial score (nSPS) is 13.2. The quantitative estimate of drug-likeness (QED) is 0.507. The summed E-state index contributed by atoms with van der Waals surface area (Å²) >= 11 is 0. The molecule has 0 bridgehead atoms. The summed E-state index contributed by atoms with van der Waals surface area (Å²) in [5.41, 5.74) is 1.32. The van der Waals surface area contributed by atoms with E-state index in [0.29, 0.717) is 5.56 Å². The summed E-state index contributed by atoms with van der Waals surface area (Å²) in [5, 5.41) is 0. The number of ketones is 1.